The molecule has 2 aromatic carbocycles. The molecule has 0 aliphatic carbocycles. The minimum absolute atomic E-state index is 0.612. The maximum atomic E-state index is 5.46. The van der Waals surface area contributed by atoms with Crippen LogP contribution in [0.2, 0.25) is 0 Å². The Bertz CT molecular complexity index is 636. The maximum Gasteiger partial charge on any atom is 0.204 e. The molecule has 0 aliphatic heterocycles. The van der Waals surface area contributed by atoms with Crippen LogP contribution in [0.15, 0.2) is 36.4 Å². The van der Waals surface area contributed by atoms with E-state index in [9.17, 15) is 0 Å². The Balaban J connectivity index is 2.47. The van der Waals surface area contributed by atoms with Crippen molar-refractivity contribution in [3.63, 3.8) is 0 Å². The summed E-state index contributed by atoms with van der Waals surface area (Å²) in [5.41, 5.74) is 2.16. The molecule has 3 nitrogen and oxygen atoms in total. The molecule has 0 fully saturated rings. The molecule has 0 aliphatic rings. The zero-order chi connectivity index (χ0) is 15.2. The minimum atomic E-state index is 0.612. The van der Waals surface area contributed by atoms with Crippen LogP contribution in [0.5, 0.6) is 17.2 Å². The highest BCUT2D eigenvalue weighted by molar-refractivity contribution is 14.1. The van der Waals surface area contributed by atoms with Gasteiger partial charge in [-0.3, -0.25) is 0 Å². The fourth-order valence-corrected chi connectivity index (χ4v) is 2.81. The number of halogens is 1. The van der Waals surface area contributed by atoms with E-state index in [0.29, 0.717) is 17.2 Å². The van der Waals surface area contributed by atoms with Gasteiger partial charge < -0.3 is 14.2 Å². The Kier molecular flexibility index (Phi) is 5.50. The first-order valence-corrected chi connectivity index (χ1v) is 7.50. The van der Waals surface area contributed by atoms with E-state index in [1.807, 2.05) is 30.3 Å². The second-order valence-electron chi connectivity index (χ2n) is 4.29. The summed E-state index contributed by atoms with van der Waals surface area (Å²) in [5, 5.41) is 0. The van der Waals surface area contributed by atoms with E-state index in [2.05, 4.69) is 40.8 Å². The van der Waals surface area contributed by atoms with Crippen LogP contribution in [-0.2, 0) is 0 Å². The second kappa shape index (κ2) is 7.36. The zero-order valence-corrected chi connectivity index (χ0v) is 14.4. The molecule has 0 saturated carbocycles. The molecular formula is C17H17IO3. The first-order chi connectivity index (χ1) is 10.2. The van der Waals surface area contributed by atoms with Gasteiger partial charge in [0.25, 0.3) is 0 Å². The summed E-state index contributed by atoms with van der Waals surface area (Å²) in [6, 6.07) is 12.1. The van der Waals surface area contributed by atoms with Gasteiger partial charge in [0.05, 0.1) is 24.9 Å². The number of benzene rings is 2. The van der Waals surface area contributed by atoms with Crippen LogP contribution in [0.3, 0.4) is 0 Å². The molecule has 0 N–H and O–H groups in total. The largest absolute Gasteiger partial charge is 0.493 e. The summed E-state index contributed by atoms with van der Waals surface area (Å²) in [6.07, 6.45) is 4.10. The molecule has 21 heavy (non-hydrogen) atoms. The number of hydrogen-bond acceptors (Lipinski definition) is 3. The van der Waals surface area contributed by atoms with Gasteiger partial charge in [0.15, 0.2) is 11.5 Å². The Morgan fingerprint density at radius 2 is 1.52 bits per heavy atom. The Hall–Kier alpha value is -1.69. The van der Waals surface area contributed by atoms with Gasteiger partial charge in [-0.25, -0.2) is 0 Å². The topological polar surface area (TPSA) is 27.7 Å². The monoisotopic (exact) mass is 396 g/mol. The van der Waals surface area contributed by atoms with E-state index in [0.717, 1.165) is 14.7 Å². The van der Waals surface area contributed by atoms with E-state index in [-0.39, 0.29) is 0 Å². The minimum Gasteiger partial charge on any atom is -0.493 e. The van der Waals surface area contributed by atoms with Gasteiger partial charge in [0.1, 0.15) is 0 Å². The summed E-state index contributed by atoms with van der Waals surface area (Å²) in [6.45, 7) is 0. The van der Waals surface area contributed by atoms with Crippen LogP contribution in [0.25, 0.3) is 12.2 Å². The number of methoxy groups -OCH3 is 3. The molecule has 0 unspecified atom stereocenters. The lowest BCUT2D eigenvalue weighted by Crippen LogP contribution is -1.98. The van der Waals surface area contributed by atoms with Crippen LogP contribution >= 0.6 is 22.6 Å². The first kappa shape index (κ1) is 15.7. The fourth-order valence-electron chi connectivity index (χ4n) is 2.01. The molecule has 2 aromatic rings. The summed E-state index contributed by atoms with van der Waals surface area (Å²) in [5.74, 6) is 1.95. The summed E-state index contributed by atoms with van der Waals surface area (Å²) in [4.78, 5) is 0. The third kappa shape index (κ3) is 3.50. The molecule has 0 atom stereocenters. The number of rotatable bonds is 5. The van der Waals surface area contributed by atoms with Crippen molar-refractivity contribution >= 4 is 34.7 Å². The molecule has 2 rings (SSSR count). The van der Waals surface area contributed by atoms with E-state index in [4.69, 9.17) is 14.2 Å². The molecule has 0 radical (unpaired) electrons. The molecule has 110 valence electrons. The quantitative estimate of drug-likeness (QED) is 0.551. The van der Waals surface area contributed by atoms with Crippen molar-refractivity contribution in [2.24, 2.45) is 0 Å². The second-order valence-corrected chi connectivity index (χ2v) is 5.37. The molecule has 4 heteroatoms. The lowest BCUT2D eigenvalue weighted by atomic mass is 10.1. The van der Waals surface area contributed by atoms with Crippen molar-refractivity contribution in [1.29, 1.82) is 0 Å². The smallest absolute Gasteiger partial charge is 0.204 e. The lowest BCUT2D eigenvalue weighted by Gasteiger charge is -2.15. The van der Waals surface area contributed by atoms with Crippen LogP contribution in [-0.4, -0.2) is 21.3 Å². The van der Waals surface area contributed by atoms with Crippen LogP contribution < -0.4 is 14.2 Å². The molecular weight excluding hydrogens is 379 g/mol. The van der Waals surface area contributed by atoms with E-state index >= 15 is 0 Å². The third-order valence-electron chi connectivity index (χ3n) is 3.05. The average molecular weight is 396 g/mol. The Morgan fingerprint density at radius 1 is 0.857 bits per heavy atom. The summed E-state index contributed by atoms with van der Waals surface area (Å²) in [7, 11) is 4.86. The van der Waals surface area contributed by atoms with Gasteiger partial charge >= 0.3 is 0 Å². The van der Waals surface area contributed by atoms with Gasteiger partial charge in [-0.05, 0) is 39.8 Å². The van der Waals surface area contributed by atoms with E-state index in [1.54, 1.807) is 21.3 Å². The van der Waals surface area contributed by atoms with Gasteiger partial charge in [-0.1, -0.05) is 42.5 Å². The van der Waals surface area contributed by atoms with Crippen molar-refractivity contribution < 1.29 is 14.2 Å². The predicted molar refractivity (Wildman–Crippen MR) is 94.2 cm³/mol. The highest BCUT2D eigenvalue weighted by Crippen LogP contribution is 2.42. The molecule has 0 bridgehead atoms. The molecule has 0 aromatic heterocycles. The van der Waals surface area contributed by atoms with Crippen molar-refractivity contribution in [3.05, 3.63) is 51.1 Å². The van der Waals surface area contributed by atoms with E-state index < -0.39 is 0 Å². The Morgan fingerprint density at radius 3 is 2.10 bits per heavy atom. The summed E-state index contributed by atoms with van der Waals surface area (Å²) >= 11 is 2.25. The average Bonchev–Trinajstić information content (AvgIpc) is 2.54. The van der Waals surface area contributed by atoms with Gasteiger partial charge in [0, 0.05) is 0 Å². The van der Waals surface area contributed by atoms with Crippen molar-refractivity contribution in [3.8, 4) is 17.2 Å². The highest BCUT2D eigenvalue weighted by Gasteiger charge is 2.17. The van der Waals surface area contributed by atoms with Crippen LogP contribution in [0.4, 0.5) is 0 Å². The summed E-state index contributed by atoms with van der Waals surface area (Å²) < 4.78 is 17.2. The first-order valence-electron chi connectivity index (χ1n) is 6.42. The normalized spacial score (nSPS) is 10.7. The van der Waals surface area contributed by atoms with Crippen molar-refractivity contribution in [1.82, 2.24) is 0 Å². The number of ether oxygens (including phenoxy) is 3. The third-order valence-corrected chi connectivity index (χ3v) is 4.17. The lowest BCUT2D eigenvalue weighted by molar-refractivity contribution is 0.323. The van der Waals surface area contributed by atoms with Crippen LogP contribution in [0.1, 0.15) is 11.1 Å². The van der Waals surface area contributed by atoms with Crippen molar-refractivity contribution in [2.75, 3.05) is 21.3 Å². The molecule has 0 amide bonds. The number of hydrogen-bond donors (Lipinski definition) is 0. The maximum absolute atomic E-state index is 5.46. The molecule has 0 saturated heterocycles. The SMILES string of the molecule is COc1cc(/C=C\c2ccccc2)c(I)c(OC)c1OC. The van der Waals surface area contributed by atoms with Crippen LogP contribution in [0, 0.1) is 3.57 Å². The highest BCUT2D eigenvalue weighted by atomic mass is 127. The molecule has 0 heterocycles. The fraction of sp³-hybridized carbons (Fsp3) is 0.176. The predicted octanol–water partition coefficient (Wildman–Crippen LogP) is 4.49. The van der Waals surface area contributed by atoms with Gasteiger partial charge in [-0.15, -0.1) is 0 Å². The standard InChI is InChI=1S/C17H17IO3/c1-19-14-11-13(10-9-12-7-5-4-6-8-12)15(18)17(21-3)16(14)20-2/h4-11H,1-3H3/b10-9-. The van der Waals surface area contributed by atoms with Crippen molar-refractivity contribution in [2.45, 2.75) is 0 Å². The van der Waals surface area contributed by atoms with Gasteiger partial charge in [0.2, 0.25) is 5.75 Å². The Labute approximate surface area is 138 Å². The van der Waals surface area contributed by atoms with E-state index in [1.165, 1.54) is 0 Å². The molecule has 0 spiro atoms. The zero-order valence-electron chi connectivity index (χ0n) is 12.2. The van der Waals surface area contributed by atoms with Gasteiger partial charge in [-0.2, -0.15) is 0 Å².